The first kappa shape index (κ1) is 10.8. The fraction of sp³-hybridized carbons (Fsp3) is 0.111. The molecule has 15 heavy (non-hydrogen) atoms. The molecule has 2 aromatic rings. The predicted molar refractivity (Wildman–Crippen MR) is 63.4 cm³/mol. The normalized spacial score (nSPS) is 10.6. The van der Waals surface area contributed by atoms with Crippen molar-refractivity contribution >= 4 is 34.2 Å². The fourth-order valence-corrected chi connectivity index (χ4v) is 1.83. The smallest absolute Gasteiger partial charge is 0.259 e. The Morgan fingerprint density at radius 3 is 2.93 bits per heavy atom. The van der Waals surface area contributed by atoms with Crippen molar-refractivity contribution in [1.29, 1.82) is 0 Å². The van der Waals surface area contributed by atoms with Crippen molar-refractivity contribution < 1.29 is 9.63 Å². The lowest BCUT2D eigenvalue weighted by atomic mass is 10.2. The van der Waals surface area contributed by atoms with E-state index >= 15 is 0 Å². The minimum absolute atomic E-state index is 0.235. The average Bonchev–Trinajstić information content (AvgIpc) is 2.70. The second-order valence-corrected chi connectivity index (χ2v) is 4.40. The van der Waals surface area contributed by atoms with E-state index in [-0.39, 0.29) is 12.4 Å². The molecule has 78 valence electrons. The molecule has 0 spiro atoms. The van der Waals surface area contributed by atoms with Gasteiger partial charge in [0.2, 0.25) is 0 Å². The molecule has 1 aromatic carbocycles. The Morgan fingerprint density at radius 2 is 2.27 bits per heavy atom. The van der Waals surface area contributed by atoms with Gasteiger partial charge in [-0.2, -0.15) is 4.98 Å². The second-order valence-electron chi connectivity index (χ2n) is 2.80. The van der Waals surface area contributed by atoms with E-state index in [1.807, 2.05) is 6.07 Å². The van der Waals surface area contributed by atoms with Gasteiger partial charge in [-0.3, -0.25) is 0 Å². The SMILES string of the molecule is OCc1noc(-c2cc(Cl)ccc2I)n1. The molecule has 0 fully saturated rings. The molecule has 4 nitrogen and oxygen atoms in total. The molecule has 0 radical (unpaired) electrons. The Balaban J connectivity index is 2.48. The zero-order valence-electron chi connectivity index (χ0n) is 7.44. The van der Waals surface area contributed by atoms with Crippen LogP contribution < -0.4 is 0 Å². The molecule has 1 heterocycles. The third-order valence-electron chi connectivity index (χ3n) is 1.77. The zero-order chi connectivity index (χ0) is 10.8. The molecule has 0 aliphatic carbocycles. The summed E-state index contributed by atoms with van der Waals surface area (Å²) in [6.07, 6.45) is 0. The summed E-state index contributed by atoms with van der Waals surface area (Å²) in [7, 11) is 0. The van der Waals surface area contributed by atoms with Gasteiger partial charge >= 0.3 is 0 Å². The highest BCUT2D eigenvalue weighted by atomic mass is 127. The van der Waals surface area contributed by atoms with Crippen molar-refractivity contribution in [3.05, 3.63) is 32.6 Å². The Bertz CT molecular complexity index is 487. The van der Waals surface area contributed by atoms with E-state index in [0.29, 0.717) is 10.9 Å². The highest BCUT2D eigenvalue weighted by molar-refractivity contribution is 14.1. The van der Waals surface area contributed by atoms with Gasteiger partial charge in [0.25, 0.3) is 5.89 Å². The summed E-state index contributed by atoms with van der Waals surface area (Å²) in [5.74, 6) is 0.631. The predicted octanol–water partition coefficient (Wildman–Crippen LogP) is 2.49. The summed E-state index contributed by atoms with van der Waals surface area (Å²) in [5, 5.41) is 13.0. The molecule has 0 aliphatic heterocycles. The van der Waals surface area contributed by atoms with Gasteiger partial charge in [-0.15, -0.1) is 0 Å². The van der Waals surface area contributed by atoms with Crippen LogP contribution in [0.15, 0.2) is 22.7 Å². The van der Waals surface area contributed by atoms with Crippen LogP contribution in [-0.2, 0) is 6.61 Å². The lowest BCUT2D eigenvalue weighted by Gasteiger charge is -1.98. The van der Waals surface area contributed by atoms with Crippen molar-refractivity contribution in [2.75, 3.05) is 0 Å². The molecule has 0 atom stereocenters. The standard InChI is InChI=1S/C9H6ClIN2O2/c10-5-1-2-7(11)6(3-5)9-12-8(4-14)13-15-9/h1-3,14H,4H2. The summed E-state index contributed by atoms with van der Waals surface area (Å²) in [6, 6.07) is 5.40. The number of aliphatic hydroxyl groups excluding tert-OH is 1. The van der Waals surface area contributed by atoms with Gasteiger partial charge in [-0.1, -0.05) is 16.8 Å². The molecule has 0 saturated carbocycles. The molecular weight excluding hydrogens is 330 g/mol. The summed E-state index contributed by atoms with van der Waals surface area (Å²) >= 11 is 8.02. The number of rotatable bonds is 2. The van der Waals surface area contributed by atoms with Gasteiger partial charge in [0.15, 0.2) is 5.82 Å². The molecule has 1 N–H and O–H groups in total. The molecule has 1 aromatic heterocycles. The number of aromatic nitrogens is 2. The summed E-state index contributed by atoms with van der Waals surface area (Å²) < 4.78 is 5.96. The van der Waals surface area contributed by atoms with E-state index in [1.54, 1.807) is 12.1 Å². The monoisotopic (exact) mass is 336 g/mol. The lowest BCUT2D eigenvalue weighted by Crippen LogP contribution is -1.86. The molecule has 0 saturated heterocycles. The highest BCUT2D eigenvalue weighted by Gasteiger charge is 2.11. The molecule has 0 aliphatic rings. The highest BCUT2D eigenvalue weighted by Crippen LogP contribution is 2.26. The quantitative estimate of drug-likeness (QED) is 0.856. The van der Waals surface area contributed by atoms with Crippen molar-refractivity contribution in [1.82, 2.24) is 10.1 Å². The Morgan fingerprint density at radius 1 is 1.47 bits per heavy atom. The zero-order valence-corrected chi connectivity index (χ0v) is 10.4. The van der Waals surface area contributed by atoms with Gasteiger partial charge in [-0.25, -0.2) is 0 Å². The van der Waals surface area contributed by atoms with Crippen molar-refractivity contribution in [3.63, 3.8) is 0 Å². The molecule has 2 rings (SSSR count). The molecular formula is C9H6ClIN2O2. The Kier molecular flexibility index (Phi) is 3.22. The Hall–Kier alpha value is -0.660. The van der Waals surface area contributed by atoms with E-state index < -0.39 is 0 Å². The van der Waals surface area contributed by atoms with Gasteiger partial charge in [0.1, 0.15) is 6.61 Å². The molecule has 0 unspecified atom stereocenters. The first-order chi connectivity index (χ1) is 7.20. The van der Waals surface area contributed by atoms with Crippen molar-refractivity contribution in [2.45, 2.75) is 6.61 Å². The molecule has 0 amide bonds. The first-order valence-electron chi connectivity index (χ1n) is 4.09. The maximum Gasteiger partial charge on any atom is 0.259 e. The van der Waals surface area contributed by atoms with Gasteiger partial charge in [0, 0.05) is 8.59 Å². The third-order valence-corrected chi connectivity index (χ3v) is 2.94. The Labute approximate surface area is 104 Å². The van der Waals surface area contributed by atoms with Gasteiger partial charge < -0.3 is 9.63 Å². The van der Waals surface area contributed by atoms with Crippen LogP contribution in [0.2, 0.25) is 5.02 Å². The number of hydrogen-bond donors (Lipinski definition) is 1. The number of hydrogen-bond acceptors (Lipinski definition) is 4. The van der Waals surface area contributed by atoms with E-state index in [9.17, 15) is 0 Å². The van der Waals surface area contributed by atoms with Crippen LogP contribution in [0.25, 0.3) is 11.5 Å². The summed E-state index contributed by atoms with van der Waals surface area (Å²) in [5.41, 5.74) is 0.773. The van der Waals surface area contributed by atoms with Crippen molar-refractivity contribution in [2.24, 2.45) is 0 Å². The summed E-state index contributed by atoms with van der Waals surface area (Å²) in [6.45, 7) is -0.235. The maximum absolute atomic E-state index is 8.81. The number of halogens is 2. The van der Waals surface area contributed by atoms with Crippen LogP contribution in [0.1, 0.15) is 5.82 Å². The topological polar surface area (TPSA) is 59.2 Å². The number of aliphatic hydroxyl groups is 1. The summed E-state index contributed by atoms with van der Waals surface area (Å²) in [4.78, 5) is 4.01. The van der Waals surface area contributed by atoms with Gasteiger partial charge in [-0.05, 0) is 40.8 Å². The number of benzene rings is 1. The maximum atomic E-state index is 8.81. The lowest BCUT2D eigenvalue weighted by molar-refractivity contribution is 0.264. The van der Waals surface area contributed by atoms with Crippen LogP contribution >= 0.6 is 34.2 Å². The van der Waals surface area contributed by atoms with Crippen LogP contribution in [0.4, 0.5) is 0 Å². The number of nitrogens with zero attached hydrogens (tertiary/aromatic N) is 2. The first-order valence-corrected chi connectivity index (χ1v) is 5.55. The fourth-order valence-electron chi connectivity index (χ4n) is 1.09. The van der Waals surface area contributed by atoms with Crippen molar-refractivity contribution in [3.8, 4) is 11.5 Å². The van der Waals surface area contributed by atoms with Crippen LogP contribution in [0, 0.1) is 3.57 Å². The van der Waals surface area contributed by atoms with Crippen LogP contribution in [-0.4, -0.2) is 15.2 Å². The van der Waals surface area contributed by atoms with Crippen LogP contribution in [0.5, 0.6) is 0 Å². The van der Waals surface area contributed by atoms with E-state index in [0.717, 1.165) is 9.13 Å². The van der Waals surface area contributed by atoms with E-state index in [1.165, 1.54) is 0 Å². The average molecular weight is 337 g/mol. The molecule has 0 bridgehead atoms. The molecule has 6 heteroatoms. The van der Waals surface area contributed by atoms with E-state index in [2.05, 4.69) is 32.7 Å². The van der Waals surface area contributed by atoms with Crippen LogP contribution in [0.3, 0.4) is 0 Å². The minimum Gasteiger partial charge on any atom is -0.388 e. The van der Waals surface area contributed by atoms with Gasteiger partial charge in [0.05, 0.1) is 5.56 Å². The largest absolute Gasteiger partial charge is 0.388 e. The minimum atomic E-state index is -0.235. The third kappa shape index (κ3) is 2.30. The second kappa shape index (κ2) is 4.46. The van der Waals surface area contributed by atoms with E-state index in [4.69, 9.17) is 21.2 Å².